The predicted octanol–water partition coefficient (Wildman–Crippen LogP) is 5.75. The summed E-state index contributed by atoms with van der Waals surface area (Å²) in [4.78, 5) is 38.9. The first-order valence-electron chi connectivity index (χ1n) is 16.3. The van der Waals surface area contributed by atoms with Crippen LogP contribution >= 0.6 is 11.3 Å². The van der Waals surface area contributed by atoms with Crippen molar-refractivity contribution in [2.24, 2.45) is 10.1 Å². The summed E-state index contributed by atoms with van der Waals surface area (Å²) in [5, 5.41) is 30.9. The topological polar surface area (TPSA) is 154 Å². The average molecular weight is 743 g/mol. The van der Waals surface area contributed by atoms with Crippen molar-refractivity contribution in [3.8, 4) is 23.4 Å². The van der Waals surface area contributed by atoms with Crippen LogP contribution in [0.25, 0.3) is 16.1 Å². The number of halogens is 2. The number of likely N-dealkylation sites (N-methyl/N-ethyl adjacent to an activating group) is 1. The highest BCUT2D eigenvalue weighted by Crippen LogP contribution is 2.42. The van der Waals surface area contributed by atoms with Crippen LogP contribution in [-0.2, 0) is 19.9 Å². The SMILES string of the molecule is C[C@@H](c1nc(-c2ccc(C#N)cc2)cs1)[C@](O)(C[N+]1(CCOC(=O)Nc2cccc(C#[N+]COC(=O)CN(C)C)c2)C=NC=N1)c1cc(F)ccc1F. The van der Waals surface area contributed by atoms with Crippen LogP contribution in [0, 0.1) is 29.0 Å². The molecule has 1 unspecified atom stereocenters. The summed E-state index contributed by atoms with van der Waals surface area (Å²) in [6.07, 6.45) is 1.91. The average Bonchev–Trinajstić information content (AvgIpc) is 3.81. The lowest BCUT2D eigenvalue weighted by molar-refractivity contribution is -0.848. The summed E-state index contributed by atoms with van der Waals surface area (Å²) in [6.45, 7) is 1.06. The van der Waals surface area contributed by atoms with Crippen molar-refractivity contribution in [3.63, 3.8) is 0 Å². The highest BCUT2D eigenvalue weighted by Gasteiger charge is 2.49. The highest BCUT2D eigenvalue weighted by atomic mass is 32.1. The summed E-state index contributed by atoms with van der Waals surface area (Å²) >= 11 is 1.24. The Morgan fingerprint density at radius 3 is 2.62 bits per heavy atom. The van der Waals surface area contributed by atoms with Crippen LogP contribution in [0.3, 0.4) is 0 Å². The van der Waals surface area contributed by atoms with Gasteiger partial charge in [-0.05, 0) is 67.5 Å². The molecule has 53 heavy (non-hydrogen) atoms. The minimum Gasteiger partial charge on any atom is -0.443 e. The molecule has 272 valence electrons. The summed E-state index contributed by atoms with van der Waals surface area (Å²) < 4.78 is 40.1. The molecule has 0 spiro atoms. The van der Waals surface area contributed by atoms with E-state index in [0.717, 1.165) is 23.8 Å². The van der Waals surface area contributed by atoms with E-state index >= 15 is 4.39 Å². The number of quaternary nitrogens is 1. The third-order valence-electron chi connectivity index (χ3n) is 8.22. The third-order valence-corrected chi connectivity index (χ3v) is 9.25. The summed E-state index contributed by atoms with van der Waals surface area (Å²) in [5.41, 5.74) is 0.349. The van der Waals surface area contributed by atoms with Crippen molar-refractivity contribution < 1.29 is 37.5 Å². The molecule has 3 aromatic carbocycles. The van der Waals surface area contributed by atoms with Gasteiger partial charge in [-0.3, -0.25) is 15.0 Å². The van der Waals surface area contributed by atoms with Gasteiger partial charge in [0.15, 0.2) is 11.9 Å². The van der Waals surface area contributed by atoms with E-state index in [1.807, 2.05) is 0 Å². The number of esters is 1. The molecule has 16 heteroatoms. The summed E-state index contributed by atoms with van der Waals surface area (Å²) in [5.74, 6) is -2.88. The Morgan fingerprint density at radius 2 is 1.91 bits per heavy atom. The van der Waals surface area contributed by atoms with E-state index in [-0.39, 0.29) is 38.5 Å². The lowest BCUT2D eigenvalue weighted by Crippen LogP contribution is -2.54. The van der Waals surface area contributed by atoms with Gasteiger partial charge in [-0.25, -0.2) is 18.6 Å². The minimum atomic E-state index is -2.08. The van der Waals surface area contributed by atoms with E-state index < -0.39 is 39.8 Å². The Bertz CT molecular complexity index is 2110. The van der Waals surface area contributed by atoms with Gasteiger partial charge < -0.3 is 14.6 Å². The Kier molecular flexibility index (Phi) is 12.3. The van der Waals surface area contributed by atoms with Crippen molar-refractivity contribution >= 4 is 41.8 Å². The molecule has 2 heterocycles. The van der Waals surface area contributed by atoms with E-state index in [2.05, 4.69) is 32.4 Å². The number of hydrogen-bond donors (Lipinski definition) is 2. The van der Waals surface area contributed by atoms with E-state index in [0.29, 0.717) is 27.5 Å². The molecule has 5 rings (SSSR count). The maximum Gasteiger partial charge on any atom is 0.411 e. The number of carbonyl (C=O) groups is 2. The van der Waals surface area contributed by atoms with E-state index in [1.54, 1.807) is 79.8 Å². The first kappa shape index (κ1) is 38.3. The standard InChI is InChI=1S/C37H35F2N8O5S/c1-25(35-45-33(20-53-35)28-9-7-26(17-40)8-10-28)37(50,31-16-29(38)11-12-32(31)39)21-47(23-42-22-43-47)13-14-51-36(49)44-30-6-4-5-27(15-30)18-41-24-52-34(48)19-46(2)3/h4-12,15-16,20,22-23,25,50H,13-14,19,21,24H2,1-3H3/q+1/p+1/t25-,37+,47?/m0/s1. The van der Waals surface area contributed by atoms with Gasteiger partial charge in [-0.1, -0.05) is 30.2 Å². The van der Waals surface area contributed by atoms with Crippen LogP contribution in [0.5, 0.6) is 0 Å². The lowest BCUT2D eigenvalue weighted by Gasteiger charge is -2.38. The first-order valence-corrected chi connectivity index (χ1v) is 17.1. The predicted molar refractivity (Wildman–Crippen MR) is 195 cm³/mol. The van der Waals surface area contributed by atoms with Gasteiger partial charge in [-0.2, -0.15) is 10.3 Å². The molecular weight excluding hydrogens is 707 g/mol. The maximum atomic E-state index is 15.5. The number of nitriles is 1. The molecular formula is C37H36F2N8O5S+2. The first-order chi connectivity index (χ1) is 25.4. The molecule has 0 saturated heterocycles. The second kappa shape index (κ2) is 17.1. The smallest absolute Gasteiger partial charge is 0.411 e. The monoisotopic (exact) mass is 742 g/mol. The van der Waals surface area contributed by atoms with Gasteiger partial charge >= 0.3 is 24.9 Å². The molecule has 0 saturated carbocycles. The molecule has 0 fully saturated rings. The second-order valence-corrected chi connectivity index (χ2v) is 13.3. The number of hydrogen-bond acceptors (Lipinski definition) is 11. The largest absolute Gasteiger partial charge is 0.443 e. The number of nitrogens with zero attached hydrogens (tertiary/aromatic N) is 7. The van der Waals surface area contributed by atoms with Gasteiger partial charge in [0.25, 0.3) is 0 Å². The number of rotatable bonds is 13. The van der Waals surface area contributed by atoms with Crippen LogP contribution in [-0.4, -0.2) is 91.4 Å². The van der Waals surface area contributed by atoms with Crippen molar-refractivity contribution in [3.05, 3.63) is 110 Å². The number of anilines is 1. The number of carbonyl (C=O) groups excluding carboxylic acids is 2. The van der Waals surface area contributed by atoms with E-state index in [9.17, 15) is 19.1 Å². The van der Waals surface area contributed by atoms with Gasteiger partial charge in [0, 0.05) is 28.1 Å². The number of aromatic nitrogens is 1. The lowest BCUT2D eigenvalue weighted by atomic mass is 9.81. The number of amides is 1. The number of nitrogens with one attached hydrogen (secondary N) is 1. The quantitative estimate of drug-likeness (QED) is 0.130. The van der Waals surface area contributed by atoms with Crippen LogP contribution in [0.1, 0.15) is 34.5 Å². The van der Waals surface area contributed by atoms with Crippen molar-refractivity contribution in [1.29, 1.82) is 5.26 Å². The van der Waals surface area contributed by atoms with Crippen LogP contribution < -0.4 is 5.32 Å². The third kappa shape index (κ3) is 9.91. The molecule has 0 radical (unpaired) electrons. The van der Waals surface area contributed by atoms with Crippen LogP contribution in [0.4, 0.5) is 19.3 Å². The number of thiazole rings is 1. The molecule has 1 aromatic heterocycles. The molecule has 1 aliphatic rings. The van der Waals surface area contributed by atoms with E-state index in [4.69, 9.17) is 19.7 Å². The second-order valence-electron chi connectivity index (χ2n) is 12.4. The zero-order valence-electron chi connectivity index (χ0n) is 29.1. The fourth-order valence-electron chi connectivity index (χ4n) is 5.48. The zero-order valence-corrected chi connectivity index (χ0v) is 29.9. The summed E-state index contributed by atoms with van der Waals surface area (Å²) in [7, 11) is 3.49. The minimum absolute atomic E-state index is 0.0131. The van der Waals surface area contributed by atoms with Gasteiger partial charge in [0.2, 0.25) is 6.34 Å². The molecule has 0 bridgehead atoms. The summed E-state index contributed by atoms with van der Waals surface area (Å²) in [6, 6.07) is 21.1. The zero-order chi connectivity index (χ0) is 38.0. The van der Waals surface area contributed by atoms with Crippen LogP contribution in [0.15, 0.2) is 82.2 Å². The van der Waals surface area contributed by atoms with Gasteiger partial charge in [0.1, 0.15) is 36.9 Å². The maximum absolute atomic E-state index is 15.5. The fourth-order valence-corrected chi connectivity index (χ4v) is 6.45. The van der Waals surface area contributed by atoms with Gasteiger partial charge in [0.05, 0.1) is 28.9 Å². The molecule has 1 aliphatic heterocycles. The normalized spacial score (nSPS) is 16.3. The van der Waals surface area contributed by atoms with Crippen LogP contribution in [0.2, 0.25) is 0 Å². The highest BCUT2D eigenvalue weighted by molar-refractivity contribution is 7.10. The molecule has 4 aromatic rings. The molecule has 1 amide bonds. The van der Waals surface area contributed by atoms with E-state index in [1.165, 1.54) is 24.0 Å². The van der Waals surface area contributed by atoms with Crippen molar-refractivity contribution in [2.45, 2.75) is 18.4 Å². The van der Waals surface area contributed by atoms with Gasteiger partial charge in [-0.15, -0.1) is 15.9 Å². The Hall–Kier alpha value is -5.91. The fraction of sp³-hybridized carbons (Fsp3) is 0.270. The molecule has 13 nitrogen and oxygen atoms in total. The number of aliphatic imine (C=N–C) groups is 1. The molecule has 3 atom stereocenters. The van der Waals surface area contributed by atoms with Crippen molar-refractivity contribution in [1.82, 2.24) is 9.88 Å². The number of aliphatic hydroxyl groups is 1. The Morgan fingerprint density at radius 1 is 1.11 bits per heavy atom. The molecule has 2 N–H and O–H groups in total. The number of benzene rings is 3. The van der Waals surface area contributed by atoms with Crippen molar-refractivity contribution in [2.75, 3.05) is 52.4 Å². The Balaban J connectivity index is 1.28. The molecule has 0 aliphatic carbocycles. The Labute approximate surface area is 308 Å². The number of ether oxygens (including phenoxy) is 2.